The highest BCUT2D eigenvalue weighted by molar-refractivity contribution is 7.64. The zero-order chi connectivity index (χ0) is 14.0. The Kier molecular flexibility index (Phi) is 9.12. The molecular formula is C17H35OP. The average Bonchev–Trinajstić information content (AvgIpc) is 2.95. The summed E-state index contributed by atoms with van der Waals surface area (Å²) in [6, 6.07) is 0. The van der Waals surface area contributed by atoms with Crippen LogP contribution >= 0.6 is 7.14 Å². The molecule has 0 amide bonds. The van der Waals surface area contributed by atoms with Crippen molar-refractivity contribution < 1.29 is 4.57 Å². The van der Waals surface area contributed by atoms with E-state index in [4.69, 9.17) is 0 Å². The number of rotatable bonds is 11. The van der Waals surface area contributed by atoms with Gasteiger partial charge in [-0.3, -0.25) is 0 Å². The van der Waals surface area contributed by atoms with Gasteiger partial charge in [0, 0.05) is 18.0 Å². The third kappa shape index (κ3) is 6.48. The highest BCUT2D eigenvalue weighted by Gasteiger charge is 2.33. The first-order valence-electron chi connectivity index (χ1n) is 8.80. The topological polar surface area (TPSA) is 17.1 Å². The van der Waals surface area contributed by atoms with Crippen LogP contribution in [-0.2, 0) is 4.57 Å². The molecular weight excluding hydrogens is 251 g/mol. The fraction of sp³-hybridized carbons (Fsp3) is 1.00. The second-order valence-electron chi connectivity index (χ2n) is 6.46. The van der Waals surface area contributed by atoms with Crippen molar-refractivity contribution in [3.63, 3.8) is 0 Å². The van der Waals surface area contributed by atoms with Gasteiger partial charge < -0.3 is 4.57 Å². The summed E-state index contributed by atoms with van der Waals surface area (Å²) in [5, 5.41) is 0. The SMILES string of the molecule is CCCCCCP(=O)(CCCCCC)C1CCCC1. The predicted molar refractivity (Wildman–Crippen MR) is 87.9 cm³/mol. The minimum atomic E-state index is -1.85. The Morgan fingerprint density at radius 2 is 1.26 bits per heavy atom. The summed E-state index contributed by atoms with van der Waals surface area (Å²) < 4.78 is 13.3. The quantitative estimate of drug-likeness (QED) is 0.315. The van der Waals surface area contributed by atoms with Crippen molar-refractivity contribution in [2.24, 2.45) is 0 Å². The van der Waals surface area contributed by atoms with Crippen molar-refractivity contribution in [1.29, 1.82) is 0 Å². The van der Waals surface area contributed by atoms with Gasteiger partial charge in [-0.1, -0.05) is 65.2 Å². The molecule has 2 heteroatoms. The van der Waals surface area contributed by atoms with E-state index < -0.39 is 7.14 Å². The second-order valence-corrected chi connectivity index (χ2v) is 9.99. The monoisotopic (exact) mass is 286 g/mol. The first-order valence-corrected chi connectivity index (χ1v) is 11.0. The molecule has 0 spiro atoms. The molecule has 0 saturated heterocycles. The van der Waals surface area contributed by atoms with E-state index in [2.05, 4.69) is 13.8 Å². The van der Waals surface area contributed by atoms with Crippen LogP contribution in [0.5, 0.6) is 0 Å². The molecule has 1 saturated carbocycles. The van der Waals surface area contributed by atoms with Gasteiger partial charge >= 0.3 is 0 Å². The molecule has 0 aromatic rings. The number of hydrogen-bond donors (Lipinski definition) is 0. The highest BCUT2D eigenvalue weighted by atomic mass is 31.2. The van der Waals surface area contributed by atoms with E-state index in [1.54, 1.807) is 0 Å². The molecule has 0 radical (unpaired) electrons. The van der Waals surface area contributed by atoms with Gasteiger partial charge in [0.1, 0.15) is 0 Å². The van der Waals surface area contributed by atoms with Crippen molar-refractivity contribution in [1.82, 2.24) is 0 Å². The molecule has 1 aliphatic carbocycles. The summed E-state index contributed by atoms with van der Waals surface area (Å²) in [5.74, 6) is 0. The lowest BCUT2D eigenvalue weighted by atomic mass is 10.2. The van der Waals surface area contributed by atoms with E-state index in [-0.39, 0.29) is 0 Å². The summed E-state index contributed by atoms with van der Waals surface area (Å²) in [4.78, 5) is 0. The molecule has 0 aliphatic heterocycles. The number of unbranched alkanes of at least 4 members (excludes halogenated alkanes) is 6. The minimum absolute atomic E-state index is 0.607. The Bertz CT molecular complexity index is 240. The number of hydrogen-bond acceptors (Lipinski definition) is 1. The molecule has 114 valence electrons. The molecule has 0 N–H and O–H groups in total. The predicted octanol–water partition coefficient (Wildman–Crippen LogP) is 6.45. The van der Waals surface area contributed by atoms with Crippen LogP contribution in [0.15, 0.2) is 0 Å². The molecule has 0 aromatic heterocycles. The smallest absolute Gasteiger partial charge is 0.0906 e. The Morgan fingerprint density at radius 1 is 0.789 bits per heavy atom. The van der Waals surface area contributed by atoms with Gasteiger partial charge in [-0.15, -0.1) is 0 Å². The Hall–Kier alpha value is 0.230. The average molecular weight is 286 g/mol. The van der Waals surface area contributed by atoms with Gasteiger partial charge in [0.2, 0.25) is 0 Å². The van der Waals surface area contributed by atoms with E-state index >= 15 is 0 Å². The van der Waals surface area contributed by atoms with Gasteiger partial charge in [-0.05, 0) is 25.7 Å². The molecule has 0 aromatic carbocycles. The van der Waals surface area contributed by atoms with Crippen LogP contribution in [0.4, 0.5) is 0 Å². The summed E-state index contributed by atoms with van der Waals surface area (Å²) in [7, 11) is -1.85. The maximum Gasteiger partial charge on any atom is 0.0906 e. The van der Waals surface area contributed by atoms with Crippen molar-refractivity contribution in [3.05, 3.63) is 0 Å². The molecule has 1 fully saturated rings. The normalized spacial score (nSPS) is 17.2. The second kappa shape index (κ2) is 10.0. The third-order valence-corrected chi connectivity index (χ3v) is 8.76. The van der Waals surface area contributed by atoms with Crippen LogP contribution in [0.2, 0.25) is 0 Å². The van der Waals surface area contributed by atoms with Crippen LogP contribution in [0.3, 0.4) is 0 Å². The van der Waals surface area contributed by atoms with Crippen molar-refractivity contribution >= 4 is 7.14 Å². The van der Waals surface area contributed by atoms with Crippen LogP contribution in [0.1, 0.15) is 90.9 Å². The zero-order valence-corrected chi connectivity index (χ0v) is 14.2. The van der Waals surface area contributed by atoms with Gasteiger partial charge in [-0.2, -0.15) is 0 Å². The largest absolute Gasteiger partial charge is 0.323 e. The van der Waals surface area contributed by atoms with Gasteiger partial charge in [0.15, 0.2) is 0 Å². The Morgan fingerprint density at radius 3 is 1.68 bits per heavy atom. The molecule has 0 atom stereocenters. The van der Waals surface area contributed by atoms with Crippen LogP contribution in [0, 0.1) is 0 Å². The lowest BCUT2D eigenvalue weighted by Gasteiger charge is -2.24. The lowest BCUT2D eigenvalue weighted by Crippen LogP contribution is -2.10. The minimum Gasteiger partial charge on any atom is -0.323 e. The van der Waals surface area contributed by atoms with Crippen molar-refractivity contribution in [3.8, 4) is 0 Å². The van der Waals surface area contributed by atoms with Gasteiger partial charge in [0.05, 0.1) is 7.14 Å². The Balaban J connectivity index is 2.39. The van der Waals surface area contributed by atoms with E-state index in [1.807, 2.05) is 0 Å². The first-order chi connectivity index (χ1) is 9.23. The van der Waals surface area contributed by atoms with Gasteiger partial charge in [-0.25, -0.2) is 0 Å². The van der Waals surface area contributed by atoms with Crippen LogP contribution < -0.4 is 0 Å². The molecule has 0 heterocycles. The highest BCUT2D eigenvalue weighted by Crippen LogP contribution is 2.57. The molecule has 1 rings (SSSR count). The summed E-state index contributed by atoms with van der Waals surface area (Å²) >= 11 is 0. The first kappa shape index (κ1) is 17.3. The molecule has 0 bridgehead atoms. The standard InChI is InChI=1S/C17H35OP/c1-3-5-7-11-15-19(18,16-12-8-6-4-2)17-13-9-10-14-17/h17H,3-16H2,1-2H3. The maximum atomic E-state index is 13.3. The maximum absolute atomic E-state index is 13.3. The van der Waals surface area contributed by atoms with Crippen molar-refractivity contribution in [2.75, 3.05) is 12.3 Å². The van der Waals surface area contributed by atoms with Gasteiger partial charge in [0.25, 0.3) is 0 Å². The molecule has 1 nitrogen and oxygen atoms in total. The fourth-order valence-electron chi connectivity index (χ4n) is 3.46. The third-order valence-electron chi connectivity index (χ3n) is 4.77. The van der Waals surface area contributed by atoms with E-state index in [0.717, 1.165) is 12.3 Å². The summed E-state index contributed by atoms with van der Waals surface area (Å²) in [5.41, 5.74) is 0.607. The lowest BCUT2D eigenvalue weighted by molar-refractivity contribution is 0.553. The fourth-order valence-corrected chi connectivity index (χ4v) is 7.24. The summed E-state index contributed by atoms with van der Waals surface area (Å²) in [6.07, 6.45) is 17.5. The molecule has 1 aliphatic rings. The van der Waals surface area contributed by atoms with E-state index in [0.29, 0.717) is 5.66 Å². The summed E-state index contributed by atoms with van der Waals surface area (Å²) in [6.45, 7) is 4.50. The van der Waals surface area contributed by atoms with E-state index in [9.17, 15) is 4.57 Å². The van der Waals surface area contributed by atoms with Crippen LogP contribution in [0.25, 0.3) is 0 Å². The van der Waals surface area contributed by atoms with Crippen molar-refractivity contribution in [2.45, 2.75) is 96.6 Å². The molecule has 19 heavy (non-hydrogen) atoms. The van der Waals surface area contributed by atoms with Crippen LogP contribution in [-0.4, -0.2) is 18.0 Å². The zero-order valence-electron chi connectivity index (χ0n) is 13.3. The Labute approximate surface area is 121 Å². The van der Waals surface area contributed by atoms with E-state index in [1.165, 1.54) is 77.0 Å². The molecule has 0 unspecified atom stereocenters.